The van der Waals surface area contributed by atoms with Crippen LogP contribution in [0.5, 0.6) is 5.75 Å². The fourth-order valence-electron chi connectivity index (χ4n) is 2.60. The number of benzene rings is 1. The lowest BCUT2D eigenvalue weighted by Crippen LogP contribution is -2.12. The van der Waals surface area contributed by atoms with E-state index in [9.17, 15) is 4.79 Å². The molecule has 3 nitrogen and oxygen atoms in total. The van der Waals surface area contributed by atoms with E-state index in [2.05, 4.69) is 34.7 Å². The van der Waals surface area contributed by atoms with E-state index in [0.29, 0.717) is 5.92 Å². The highest BCUT2D eigenvalue weighted by Gasteiger charge is 2.31. The van der Waals surface area contributed by atoms with Gasteiger partial charge in [0.1, 0.15) is 5.75 Å². The summed E-state index contributed by atoms with van der Waals surface area (Å²) in [5.74, 6) is 1.37. The van der Waals surface area contributed by atoms with Crippen molar-refractivity contribution in [3.05, 3.63) is 27.3 Å². The highest BCUT2D eigenvalue weighted by atomic mass is 127. The number of carbonyl (C=O) groups is 1. The van der Waals surface area contributed by atoms with Crippen LogP contribution in [-0.2, 0) is 9.53 Å². The minimum atomic E-state index is -0.0688. The Morgan fingerprint density at radius 3 is 2.72 bits per heavy atom. The van der Waals surface area contributed by atoms with E-state index in [1.807, 2.05) is 6.07 Å². The second-order valence-corrected chi connectivity index (χ2v) is 5.79. The largest absolute Gasteiger partial charge is 0.496 e. The third-order valence-corrected chi connectivity index (χ3v) is 4.46. The lowest BCUT2D eigenvalue weighted by Gasteiger charge is -2.12. The molecule has 1 aromatic carbocycles. The van der Waals surface area contributed by atoms with Crippen LogP contribution < -0.4 is 4.74 Å². The summed E-state index contributed by atoms with van der Waals surface area (Å²) in [7, 11) is 3.14. The molecule has 1 aromatic rings. The van der Waals surface area contributed by atoms with Crippen molar-refractivity contribution >= 4 is 28.6 Å². The third-order valence-electron chi connectivity index (χ3n) is 3.61. The Kier molecular flexibility index (Phi) is 4.48. The molecule has 0 heterocycles. The van der Waals surface area contributed by atoms with E-state index in [1.54, 1.807) is 7.11 Å². The zero-order valence-corrected chi connectivity index (χ0v) is 12.8. The molecule has 0 radical (unpaired) electrons. The Hall–Kier alpha value is -0.780. The summed E-state index contributed by atoms with van der Waals surface area (Å²) in [6.45, 7) is 0. The molecule has 18 heavy (non-hydrogen) atoms. The monoisotopic (exact) mass is 360 g/mol. The SMILES string of the molecule is COC(=O)[C@H]1CC[C@H](c2ccc(OC)c(I)c2)C1. The van der Waals surface area contributed by atoms with Crippen LogP contribution >= 0.6 is 22.6 Å². The van der Waals surface area contributed by atoms with E-state index >= 15 is 0 Å². The molecule has 0 aliphatic heterocycles. The van der Waals surface area contributed by atoms with Crippen LogP contribution in [0.4, 0.5) is 0 Å². The van der Waals surface area contributed by atoms with Gasteiger partial charge in [0, 0.05) is 0 Å². The van der Waals surface area contributed by atoms with E-state index in [1.165, 1.54) is 12.7 Å². The average Bonchev–Trinajstić information content (AvgIpc) is 2.87. The first-order valence-electron chi connectivity index (χ1n) is 6.07. The fraction of sp³-hybridized carbons (Fsp3) is 0.500. The highest BCUT2D eigenvalue weighted by Crippen LogP contribution is 2.40. The molecule has 1 aliphatic rings. The third kappa shape index (κ3) is 2.79. The molecule has 2 rings (SSSR count). The minimum Gasteiger partial charge on any atom is -0.496 e. The van der Waals surface area contributed by atoms with Gasteiger partial charge in [-0.3, -0.25) is 4.79 Å². The number of halogens is 1. The second kappa shape index (κ2) is 5.91. The van der Waals surface area contributed by atoms with E-state index in [0.717, 1.165) is 28.6 Å². The van der Waals surface area contributed by atoms with Crippen LogP contribution in [-0.4, -0.2) is 20.2 Å². The molecule has 98 valence electrons. The number of methoxy groups -OCH3 is 2. The molecule has 0 aromatic heterocycles. The number of hydrogen-bond donors (Lipinski definition) is 0. The summed E-state index contributed by atoms with van der Waals surface area (Å²) in [4.78, 5) is 11.5. The maximum Gasteiger partial charge on any atom is 0.308 e. The number of hydrogen-bond acceptors (Lipinski definition) is 3. The van der Waals surface area contributed by atoms with Crippen molar-refractivity contribution in [1.29, 1.82) is 0 Å². The van der Waals surface area contributed by atoms with Gasteiger partial charge in [-0.05, 0) is 65.5 Å². The lowest BCUT2D eigenvalue weighted by atomic mass is 9.96. The number of esters is 1. The first-order valence-corrected chi connectivity index (χ1v) is 7.14. The van der Waals surface area contributed by atoms with Crippen LogP contribution in [0, 0.1) is 9.49 Å². The van der Waals surface area contributed by atoms with Gasteiger partial charge in [0.15, 0.2) is 0 Å². The first-order chi connectivity index (χ1) is 8.65. The van der Waals surface area contributed by atoms with Crippen molar-refractivity contribution in [1.82, 2.24) is 0 Å². The summed E-state index contributed by atoms with van der Waals surface area (Å²) in [6, 6.07) is 6.26. The summed E-state index contributed by atoms with van der Waals surface area (Å²) >= 11 is 2.28. The maximum absolute atomic E-state index is 11.5. The van der Waals surface area contributed by atoms with E-state index in [-0.39, 0.29) is 11.9 Å². The normalized spacial score (nSPS) is 22.8. The average molecular weight is 360 g/mol. The molecule has 0 amide bonds. The fourth-order valence-corrected chi connectivity index (χ4v) is 3.36. The van der Waals surface area contributed by atoms with Crippen molar-refractivity contribution < 1.29 is 14.3 Å². The maximum atomic E-state index is 11.5. The minimum absolute atomic E-state index is 0.0688. The summed E-state index contributed by atoms with van der Waals surface area (Å²) in [5, 5.41) is 0. The Morgan fingerprint density at radius 2 is 2.11 bits per heavy atom. The molecule has 0 unspecified atom stereocenters. The number of carbonyl (C=O) groups excluding carboxylic acids is 1. The van der Waals surface area contributed by atoms with Crippen molar-refractivity contribution in [3.63, 3.8) is 0 Å². The molecule has 0 spiro atoms. The number of rotatable bonds is 3. The summed E-state index contributed by atoms with van der Waals surface area (Å²) < 4.78 is 11.2. The molecule has 0 N–H and O–H groups in total. The predicted molar refractivity (Wildman–Crippen MR) is 77.8 cm³/mol. The molecular formula is C14H17IO3. The first kappa shape index (κ1) is 13.6. The molecule has 0 bridgehead atoms. The second-order valence-electron chi connectivity index (χ2n) is 4.62. The molecule has 1 saturated carbocycles. The zero-order valence-electron chi connectivity index (χ0n) is 10.6. The van der Waals surface area contributed by atoms with Crippen molar-refractivity contribution in [2.75, 3.05) is 14.2 Å². The Bertz CT molecular complexity index is 445. The van der Waals surface area contributed by atoms with Crippen LogP contribution in [0.2, 0.25) is 0 Å². The van der Waals surface area contributed by atoms with Crippen LogP contribution in [0.25, 0.3) is 0 Å². The molecule has 0 saturated heterocycles. The number of ether oxygens (including phenoxy) is 2. The van der Waals surface area contributed by atoms with Gasteiger partial charge in [0.05, 0.1) is 23.7 Å². The molecule has 1 fully saturated rings. The standard InChI is InChI=1S/C14H17IO3/c1-17-13-6-5-10(8-12(13)15)9-3-4-11(7-9)14(16)18-2/h5-6,8-9,11H,3-4,7H2,1-2H3/t9-,11-/m0/s1. The topological polar surface area (TPSA) is 35.5 Å². The van der Waals surface area contributed by atoms with E-state index < -0.39 is 0 Å². The van der Waals surface area contributed by atoms with Crippen molar-refractivity contribution in [2.45, 2.75) is 25.2 Å². The highest BCUT2D eigenvalue weighted by molar-refractivity contribution is 14.1. The van der Waals surface area contributed by atoms with Crippen molar-refractivity contribution in [2.24, 2.45) is 5.92 Å². The van der Waals surface area contributed by atoms with Crippen molar-refractivity contribution in [3.8, 4) is 5.75 Å². The lowest BCUT2D eigenvalue weighted by molar-refractivity contribution is -0.145. The van der Waals surface area contributed by atoms with Crippen LogP contribution in [0.1, 0.15) is 30.7 Å². The summed E-state index contributed by atoms with van der Waals surface area (Å²) in [5.41, 5.74) is 1.30. The Balaban J connectivity index is 2.10. The molecule has 2 atom stereocenters. The van der Waals surface area contributed by atoms with Gasteiger partial charge in [-0.15, -0.1) is 0 Å². The van der Waals surface area contributed by atoms with Gasteiger partial charge in [0.2, 0.25) is 0 Å². The molecule has 4 heteroatoms. The van der Waals surface area contributed by atoms with Gasteiger partial charge in [-0.25, -0.2) is 0 Å². The quantitative estimate of drug-likeness (QED) is 0.613. The van der Waals surface area contributed by atoms with Gasteiger partial charge in [0.25, 0.3) is 0 Å². The Morgan fingerprint density at radius 1 is 1.33 bits per heavy atom. The zero-order chi connectivity index (χ0) is 13.1. The van der Waals surface area contributed by atoms with Crippen LogP contribution in [0.3, 0.4) is 0 Å². The van der Waals surface area contributed by atoms with E-state index in [4.69, 9.17) is 9.47 Å². The predicted octanol–water partition coefficient (Wildman–Crippen LogP) is 3.36. The Labute approximate surface area is 121 Å². The molecular weight excluding hydrogens is 343 g/mol. The molecule has 1 aliphatic carbocycles. The van der Waals surface area contributed by atoms with Gasteiger partial charge in [-0.2, -0.15) is 0 Å². The van der Waals surface area contributed by atoms with Gasteiger partial charge >= 0.3 is 5.97 Å². The van der Waals surface area contributed by atoms with Gasteiger partial charge < -0.3 is 9.47 Å². The summed E-state index contributed by atoms with van der Waals surface area (Å²) in [6.07, 6.45) is 2.89. The van der Waals surface area contributed by atoms with Gasteiger partial charge in [-0.1, -0.05) is 6.07 Å². The smallest absolute Gasteiger partial charge is 0.308 e. The van der Waals surface area contributed by atoms with Crippen LogP contribution in [0.15, 0.2) is 18.2 Å².